The standard InChI is InChI=1S/C26H50N2O6S/c1-5-6-7-8-9-10-11-12-13-14-15-16-19-35(31,32)28-24(20-21(2)3)25(30)27-23-17-18-33-26(23)34-22(4)29/h21,23-24,26,28H,5-20H2,1-4H3,(H,27,30)/t23-,24-,26-/m0/s1. The summed E-state index contributed by atoms with van der Waals surface area (Å²) in [4.78, 5) is 24.1. The van der Waals surface area contributed by atoms with Gasteiger partial charge in [0.2, 0.25) is 22.2 Å². The molecule has 0 aromatic heterocycles. The highest BCUT2D eigenvalue weighted by molar-refractivity contribution is 7.89. The molecule has 1 aliphatic heterocycles. The first-order valence-corrected chi connectivity index (χ1v) is 15.4. The molecule has 2 N–H and O–H groups in total. The monoisotopic (exact) mass is 518 g/mol. The van der Waals surface area contributed by atoms with E-state index in [4.69, 9.17) is 9.47 Å². The maximum absolute atomic E-state index is 12.9. The molecule has 1 aliphatic rings. The Kier molecular flexibility index (Phi) is 16.5. The maximum atomic E-state index is 12.9. The smallest absolute Gasteiger partial charge is 0.305 e. The van der Waals surface area contributed by atoms with Gasteiger partial charge in [0.1, 0.15) is 6.04 Å². The number of hydrogen-bond acceptors (Lipinski definition) is 6. The van der Waals surface area contributed by atoms with Crippen molar-refractivity contribution in [2.45, 2.75) is 136 Å². The van der Waals surface area contributed by atoms with Crippen LogP contribution in [0.15, 0.2) is 0 Å². The Morgan fingerprint density at radius 2 is 1.49 bits per heavy atom. The van der Waals surface area contributed by atoms with E-state index in [1.165, 1.54) is 58.3 Å². The molecule has 35 heavy (non-hydrogen) atoms. The first-order valence-electron chi connectivity index (χ1n) is 13.7. The number of sulfonamides is 1. The summed E-state index contributed by atoms with van der Waals surface area (Å²) >= 11 is 0. The number of unbranched alkanes of at least 4 members (excludes halogenated alkanes) is 11. The summed E-state index contributed by atoms with van der Waals surface area (Å²) in [7, 11) is -3.58. The fourth-order valence-corrected chi connectivity index (χ4v) is 5.69. The molecule has 0 aliphatic carbocycles. The van der Waals surface area contributed by atoms with Crippen LogP contribution in [0.5, 0.6) is 0 Å². The molecule has 1 heterocycles. The summed E-state index contributed by atoms with van der Waals surface area (Å²) in [6, 6.07) is -1.35. The summed E-state index contributed by atoms with van der Waals surface area (Å²) in [5.41, 5.74) is 0. The van der Waals surface area contributed by atoms with E-state index >= 15 is 0 Å². The van der Waals surface area contributed by atoms with Crippen molar-refractivity contribution in [1.29, 1.82) is 0 Å². The number of ether oxygens (including phenoxy) is 2. The van der Waals surface area contributed by atoms with Gasteiger partial charge >= 0.3 is 5.97 Å². The fourth-order valence-electron chi connectivity index (χ4n) is 4.36. The second-order valence-electron chi connectivity index (χ2n) is 10.3. The van der Waals surface area contributed by atoms with Gasteiger partial charge in [0.15, 0.2) is 0 Å². The van der Waals surface area contributed by atoms with Gasteiger partial charge in [0.25, 0.3) is 0 Å². The van der Waals surface area contributed by atoms with Gasteiger partial charge in [-0.3, -0.25) is 9.59 Å². The third-order valence-corrected chi connectivity index (χ3v) is 7.73. The lowest BCUT2D eigenvalue weighted by Gasteiger charge is -2.24. The molecule has 0 aromatic carbocycles. The van der Waals surface area contributed by atoms with Gasteiger partial charge in [-0.1, -0.05) is 91.4 Å². The van der Waals surface area contributed by atoms with Gasteiger partial charge in [0.05, 0.1) is 18.4 Å². The quantitative estimate of drug-likeness (QED) is 0.177. The van der Waals surface area contributed by atoms with E-state index in [0.29, 0.717) is 25.9 Å². The second-order valence-corrected chi connectivity index (χ2v) is 12.1. The van der Waals surface area contributed by atoms with Crippen LogP contribution < -0.4 is 10.0 Å². The molecular formula is C26H50N2O6S. The number of hydrogen-bond donors (Lipinski definition) is 2. The lowest BCUT2D eigenvalue weighted by Crippen LogP contribution is -2.52. The Balaban J connectivity index is 2.35. The second kappa shape index (κ2) is 18.1. The van der Waals surface area contributed by atoms with E-state index in [2.05, 4.69) is 17.0 Å². The van der Waals surface area contributed by atoms with Crippen molar-refractivity contribution in [1.82, 2.24) is 10.0 Å². The molecule has 0 saturated carbocycles. The SMILES string of the molecule is CCCCCCCCCCCCCCS(=O)(=O)N[C@@H](CC(C)C)C(=O)N[C@H]1CCO[C@H]1OC(C)=O. The van der Waals surface area contributed by atoms with Gasteiger partial charge in [-0.15, -0.1) is 0 Å². The van der Waals surface area contributed by atoms with Crippen LogP contribution in [0.1, 0.15) is 118 Å². The maximum Gasteiger partial charge on any atom is 0.305 e. The number of rotatable bonds is 20. The number of esters is 1. The van der Waals surface area contributed by atoms with Crippen LogP contribution in [0.3, 0.4) is 0 Å². The molecule has 0 aromatic rings. The van der Waals surface area contributed by atoms with Crippen LogP contribution in [0.4, 0.5) is 0 Å². The Bertz CT molecular complexity index is 698. The van der Waals surface area contributed by atoms with E-state index < -0.39 is 40.3 Å². The van der Waals surface area contributed by atoms with E-state index in [1.807, 2.05) is 13.8 Å². The van der Waals surface area contributed by atoms with Crippen LogP contribution in [-0.4, -0.2) is 51.0 Å². The zero-order valence-corrected chi connectivity index (χ0v) is 23.3. The lowest BCUT2D eigenvalue weighted by molar-refractivity contribution is -0.170. The number of carbonyl (C=O) groups is 2. The zero-order valence-electron chi connectivity index (χ0n) is 22.5. The Morgan fingerprint density at radius 3 is 2.00 bits per heavy atom. The molecular weight excluding hydrogens is 468 g/mol. The van der Waals surface area contributed by atoms with Gasteiger partial charge in [-0.25, -0.2) is 13.1 Å². The van der Waals surface area contributed by atoms with Crippen molar-refractivity contribution < 1.29 is 27.5 Å². The first kappa shape index (κ1) is 31.8. The van der Waals surface area contributed by atoms with Crippen LogP contribution in [0.25, 0.3) is 0 Å². The third kappa shape index (κ3) is 15.5. The van der Waals surface area contributed by atoms with Crippen molar-refractivity contribution >= 4 is 21.9 Å². The van der Waals surface area contributed by atoms with Gasteiger partial charge in [-0.2, -0.15) is 0 Å². The predicted molar refractivity (Wildman–Crippen MR) is 139 cm³/mol. The van der Waals surface area contributed by atoms with Crippen LogP contribution in [0, 0.1) is 5.92 Å². The minimum Gasteiger partial charge on any atom is -0.434 e. The molecule has 3 atom stereocenters. The van der Waals surface area contributed by atoms with Crippen molar-refractivity contribution in [2.24, 2.45) is 5.92 Å². The highest BCUT2D eigenvalue weighted by atomic mass is 32.2. The van der Waals surface area contributed by atoms with E-state index in [1.54, 1.807) is 0 Å². The first-order chi connectivity index (χ1) is 16.6. The molecule has 206 valence electrons. The zero-order chi connectivity index (χ0) is 26.1. The third-order valence-electron chi connectivity index (χ3n) is 6.26. The summed E-state index contributed by atoms with van der Waals surface area (Å²) in [6.45, 7) is 7.77. The highest BCUT2D eigenvalue weighted by Crippen LogP contribution is 2.17. The summed E-state index contributed by atoms with van der Waals surface area (Å²) in [6.07, 6.45) is 14.1. The Morgan fingerprint density at radius 1 is 0.943 bits per heavy atom. The number of nitrogens with one attached hydrogen (secondary N) is 2. The average Bonchev–Trinajstić information content (AvgIpc) is 3.19. The van der Waals surface area contributed by atoms with Crippen LogP contribution in [0.2, 0.25) is 0 Å². The minimum atomic E-state index is -3.58. The van der Waals surface area contributed by atoms with E-state index in [0.717, 1.165) is 19.3 Å². The number of carbonyl (C=O) groups excluding carboxylic acids is 2. The minimum absolute atomic E-state index is 0.0227. The van der Waals surface area contributed by atoms with Crippen molar-refractivity contribution in [3.8, 4) is 0 Å². The highest BCUT2D eigenvalue weighted by Gasteiger charge is 2.34. The molecule has 1 saturated heterocycles. The molecule has 1 fully saturated rings. The summed E-state index contributed by atoms with van der Waals surface area (Å²) < 4.78 is 38.4. The van der Waals surface area contributed by atoms with Crippen LogP contribution in [-0.2, 0) is 29.1 Å². The lowest BCUT2D eigenvalue weighted by atomic mass is 10.0. The largest absolute Gasteiger partial charge is 0.434 e. The van der Waals surface area contributed by atoms with Crippen molar-refractivity contribution in [2.75, 3.05) is 12.4 Å². The van der Waals surface area contributed by atoms with Gasteiger partial charge in [-0.05, 0) is 25.2 Å². The number of amides is 1. The van der Waals surface area contributed by atoms with Crippen molar-refractivity contribution in [3.63, 3.8) is 0 Å². The molecule has 0 radical (unpaired) electrons. The molecule has 9 heteroatoms. The summed E-state index contributed by atoms with van der Waals surface area (Å²) in [5, 5.41) is 2.81. The predicted octanol–water partition coefficient (Wildman–Crippen LogP) is 4.82. The summed E-state index contributed by atoms with van der Waals surface area (Å²) in [5.74, 6) is -0.749. The normalized spacial score (nSPS) is 19.1. The topological polar surface area (TPSA) is 111 Å². The Labute approximate surface area is 213 Å². The van der Waals surface area contributed by atoms with E-state index in [9.17, 15) is 18.0 Å². The fraction of sp³-hybridized carbons (Fsp3) is 0.923. The van der Waals surface area contributed by atoms with Crippen molar-refractivity contribution in [3.05, 3.63) is 0 Å². The van der Waals surface area contributed by atoms with Gasteiger partial charge in [0, 0.05) is 6.92 Å². The molecule has 0 bridgehead atoms. The average molecular weight is 519 g/mol. The van der Waals surface area contributed by atoms with Gasteiger partial charge < -0.3 is 14.8 Å². The molecule has 0 spiro atoms. The molecule has 1 amide bonds. The van der Waals surface area contributed by atoms with E-state index in [-0.39, 0.29) is 11.7 Å². The molecule has 8 nitrogen and oxygen atoms in total. The Hall–Kier alpha value is -1.19. The molecule has 1 rings (SSSR count). The molecule has 0 unspecified atom stereocenters. The van der Waals surface area contributed by atoms with Crippen LogP contribution >= 0.6 is 0 Å².